The summed E-state index contributed by atoms with van der Waals surface area (Å²) in [6.07, 6.45) is 11.6. The predicted molar refractivity (Wildman–Crippen MR) is 80.0 cm³/mol. The van der Waals surface area contributed by atoms with Crippen molar-refractivity contribution < 1.29 is 14.2 Å². The first-order valence-electron chi connectivity index (χ1n) is 7.50. The minimum Gasteiger partial charge on any atom is -0.473 e. The minimum absolute atomic E-state index is 0.145. The average molecular weight is 270 g/mol. The number of ether oxygens (including phenoxy) is 3. The van der Waals surface area contributed by atoms with Gasteiger partial charge in [-0.3, -0.25) is 0 Å². The lowest BCUT2D eigenvalue weighted by Gasteiger charge is -2.11. The lowest BCUT2D eigenvalue weighted by Crippen LogP contribution is -2.09. The predicted octanol–water partition coefficient (Wildman–Crippen LogP) is 4.44. The fraction of sp³-hybridized carbons (Fsp3) is 0.750. The van der Waals surface area contributed by atoms with Crippen LogP contribution in [0.15, 0.2) is 24.7 Å². The Morgan fingerprint density at radius 2 is 1.16 bits per heavy atom. The minimum atomic E-state index is 0.145. The van der Waals surface area contributed by atoms with Gasteiger partial charge in [-0.1, -0.05) is 27.7 Å². The van der Waals surface area contributed by atoms with E-state index >= 15 is 0 Å². The SMILES string of the molecule is CCCOC(/C=C/O/C=C/C(CC)OCCC)CC. The Bertz CT molecular complexity index is 212. The van der Waals surface area contributed by atoms with E-state index in [4.69, 9.17) is 14.2 Å². The largest absolute Gasteiger partial charge is 0.473 e. The molecule has 19 heavy (non-hydrogen) atoms. The maximum Gasteiger partial charge on any atom is 0.0887 e. The highest BCUT2D eigenvalue weighted by Gasteiger charge is 2.01. The fourth-order valence-electron chi connectivity index (χ4n) is 1.47. The molecule has 2 atom stereocenters. The van der Waals surface area contributed by atoms with Crippen LogP contribution in [0.3, 0.4) is 0 Å². The highest BCUT2D eigenvalue weighted by molar-refractivity contribution is 4.88. The maximum absolute atomic E-state index is 5.63. The van der Waals surface area contributed by atoms with E-state index in [1.165, 1.54) is 0 Å². The average Bonchev–Trinajstić information content (AvgIpc) is 2.45. The molecule has 0 spiro atoms. The Kier molecular flexibility index (Phi) is 13.1. The molecule has 0 saturated heterocycles. The molecule has 2 unspecified atom stereocenters. The number of rotatable bonds is 12. The van der Waals surface area contributed by atoms with E-state index in [2.05, 4.69) is 27.7 Å². The molecular formula is C16H30O3. The van der Waals surface area contributed by atoms with Crippen LogP contribution < -0.4 is 0 Å². The van der Waals surface area contributed by atoms with Crippen LogP contribution >= 0.6 is 0 Å². The number of hydrogen-bond acceptors (Lipinski definition) is 3. The summed E-state index contributed by atoms with van der Waals surface area (Å²) in [5.74, 6) is 0. The lowest BCUT2D eigenvalue weighted by atomic mass is 10.3. The van der Waals surface area contributed by atoms with Crippen LogP contribution in [-0.2, 0) is 14.2 Å². The van der Waals surface area contributed by atoms with Gasteiger partial charge in [0, 0.05) is 13.2 Å². The molecule has 0 aromatic carbocycles. The van der Waals surface area contributed by atoms with Crippen molar-refractivity contribution in [3.05, 3.63) is 24.7 Å². The highest BCUT2D eigenvalue weighted by Crippen LogP contribution is 2.03. The van der Waals surface area contributed by atoms with Gasteiger partial charge in [0.05, 0.1) is 24.7 Å². The molecule has 0 aliphatic rings. The summed E-state index contributed by atoms with van der Waals surface area (Å²) in [5.41, 5.74) is 0. The fourth-order valence-corrected chi connectivity index (χ4v) is 1.47. The molecule has 0 amide bonds. The van der Waals surface area contributed by atoms with Gasteiger partial charge in [-0.25, -0.2) is 0 Å². The summed E-state index contributed by atoms with van der Waals surface area (Å²) in [6, 6.07) is 0. The molecule has 0 aliphatic heterocycles. The third kappa shape index (κ3) is 10.8. The second-order valence-electron chi connectivity index (χ2n) is 4.43. The molecule has 3 nitrogen and oxygen atoms in total. The molecule has 0 aliphatic carbocycles. The quantitative estimate of drug-likeness (QED) is 0.491. The Morgan fingerprint density at radius 1 is 0.737 bits per heavy atom. The molecule has 0 bridgehead atoms. The van der Waals surface area contributed by atoms with Crippen molar-refractivity contribution in [2.75, 3.05) is 13.2 Å². The summed E-state index contributed by atoms with van der Waals surface area (Å²) in [4.78, 5) is 0. The van der Waals surface area contributed by atoms with Crippen molar-refractivity contribution >= 4 is 0 Å². The van der Waals surface area contributed by atoms with Crippen LogP contribution in [0.25, 0.3) is 0 Å². The molecule has 112 valence electrons. The van der Waals surface area contributed by atoms with Crippen LogP contribution in [-0.4, -0.2) is 25.4 Å². The Balaban J connectivity index is 3.89. The zero-order valence-corrected chi connectivity index (χ0v) is 12.9. The van der Waals surface area contributed by atoms with Crippen molar-refractivity contribution in [3.63, 3.8) is 0 Å². The van der Waals surface area contributed by atoms with Gasteiger partial charge in [0.15, 0.2) is 0 Å². The topological polar surface area (TPSA) is 27.7 Å². The van der Waals surface area contributed by atoms with E-state index in [0.717, 1.165) is 38.9 Å². The smallest absolute Gasteiger partial charge is 0.0887 e. The van der Waals surface area contributed by atoms with Crippen LogP contribution in [0.2, 0.25) is 0 Å². The molecule has 0 aromatic rings. The van der Waals surface area contributed by atoms with Crippen molar-refractivity contribution in [2.24, 2.45) is 0 Å². The molecule has 0 heterocycles. The maximum atomic E-state index is 5.63. The first kappa shape index (κ1) is 18.2. The third-order valence-corrected chi connectivity index (χ3v) is 2.62. The van der Waals surface area contributed by atoms with E-state index in [0.29, 0.717) is 0 Å². The molecule has 0 N–H and O–H groups in total. The first-order valence-corrected chi connectivity index (χ1v) is 7.50. The van der Waals surface area contributed by atoms with Crippen LogP contribution in [0.5, 0.6) is 0 Å². The summed E-state index contributed by atoms with van der Waals surface area (Å²) in [6.45, 7) is 10.0. The van der Waals surface area contributed by atoms with Gasteiger partial charge >= 0.3 is 0 Å². The van der Waals surface area contributed by atoms with Gasteiger partial charge in [-0.2, -0.15) is 0 Å². The van der Waals surface area contributed by atoms with Crippen molar-refractivity contribution in [1.29, 1.82) is 0 Å². The van der Waals surface area contributed by atoms with Crippen LogP contribution in [0.4, 0.5) is 0 Å². The van der Waals surface area contributed by atoms with Crippen molar-refractivity contribution in [2.45, 2.75) is 65.6 Å². The molecule has 0 fully saturated rings. The molecule has 0 rings (SSSR count). The van der Waals surface area contributed by atoms with Crippen LogP contribution in [0.1, 0.15) is 53.4 Å². The van der Waals surface area contributed by atoms with E-state index in [1.807, 2.05) is 12.2 Å². The van der Waals surface area contributed by atoms with Gasteiger partial charge in [-0.05, 0) is 37.8 Å². The molecular weight excluding hydrogens is 240 g/mol. The molecule has 0 saturated carbocycles. The summed E-state index contributed by atoms with van der Waals surface area (Å²) in [7, 11) is 0. The highest BCUT2D eigenvalue weighted by atomic mass is 16.5. The standard InChI is InChI=1S/C16H30O3/c1-5-11-18-15(7-3)9-13-17-14-10-16(8-4)19-12-6-2/h9-10,13-16H,5-8,11-12H2,1-4H3/b13-9+,14-10+. The first-order chi connectivity index (χ1) is 9.28. The van der Waals surface area contributed by atoms with E-state index in [-0.39, 0.29) is 12.2 Å². The van der Waals surface area contributed by atoms with Gasteiger partial charge < -0.3 is 14.2 Å². The molecule has 3 heteroatoms. The molecule has 0 radical (unpaired) electrons. The number of hydrogen-bond donors (Lipinski definition) is 0. The third-order valence-electron chi connectivity index (χ3n) is 2.62. The Labute approximate surface area is 118 Å². The van der Waals surface area contributed by atoms with E-state index in [1.54, 1.807) is 12.5 Å². The van der Waals surface area contributed by atoms with Gasteiger partial charge in [0.25, 0.3) is 0 Å². The van der Waals surface area contributed by atoms with Gasteiger partial charge in [0.1, 0.15) is 0 Å². The zero-order valence-electron chi connectivity index (χ0n) is 12.9. The normalized spacial score (nSPS) is 15.2. The summed E-state index contributed by atoms with van der Waals surface area (Å²) >= 11 is 0. The summed E-state index contributed by atoms with van der Waals surface area (Å²) in [5, 5.41) is 0. The Hall–Kier alpha value is -0.800. The van der Waals surface area contributed by atoms with Crippen molar-refractivity contribution in [3.8, 4) is 0 Å². The van der Waals surface area contributed by atoms with E-state index in [9.17, 15) is 0 Å². The van der Waals surface area contributed by atoms with Crippen molar-refractivity contribution in [1.82, 2.24) is 0 Å². The lowest BCUT2D eigenvalue weighted by molar-refractivity contribution is 0.0802. The monoisotopic (exact) mass is 270 g/mol. The molecule has 0 aromatic heterocycles. The van der Waals surface area contributed by atoms with Gasteiger partial charge in [0.2, 0.25) is 0 Å². The van der Waals surface area contributed by atoms with Gasteiger partial charge in [-0.15, -0.1) is 0 Å². The van der Waals surface area contributed by atoms with E-state index < -0.39 is 0 Å². The van der Waals surface area contributed by atoms with Crippen LogP contribution in [0, 0.1) is 0 Å². The zero-order chi connectivity index (χ0) is 14.3. The Morgan fingerprint density at radius 3 is 1.47 bits per heavy atom. The summed E-state index contributed by atoms with van der Waals surface area (Å²) < 4.78 is 16.6. The second kappa shape index (κ2) is 13.6. The second-order valence-corrected chi connectivity index (χ2v) is 4.43.